The number of phenols is 1. The quantitative estimate of drug-likeness (QED) is 0.822. The van der Waals surface area contributed by atoms with Gasteiger partial charge in [-0.1, -0.05) is 6.07 Å². The predicted octanol–water partition coefficient (Wildman–Crippen LogP) is 2.22. The van der Waals surface area contributed by atoms with E-state index >= 15 is 0 Å². The lowest BCUT2D eigenvalue weighted by Gasteiger charge is -2.14. The van der Waals surface area contributed by atoms with E-state index in [2.05, 4.69) is 0 Å². The summed E-state index contributed by atoms with van der Waals surface area (Å²) in [5, 5.41) is 18.6. The highest BCUT2D eigenvalue weighted by Gasteiger charge is 2.11. The Bertz CT molecular complexity index is 464. The zero-order chi connectivity index (χ0) is 12.8. The molecule has 1 aromatic heterocycles. The van der Waals surface area contributed by atoms with Crippen LogP contribution in [-0.4, -0.2) is 23.4 Å². The maximum Gasteiger partial charge on any atom is 0.122 e. The standard InChI is InChI=1S/C14H16O4/c15-9-11(7-13-5-2-6-17-13)10-18-14-4-1-3-12(16)8-14/h1-6,8,11,15-16H,7,9-10H2. The molecule has 1 unspecified atom stereocenters. The first-order valence-electron chi connectivity index (χ1n) is 5.83. The fourth-order valence-electron chi connectivity index (χ4n) is 1.68. The number of furan rings is 1. The van der Waals surface area contributed by atoms with E-state index in [1.165, 1.54) is 0 Å². The van der Waals surface area contributed by atoms with Gasteiger partial charge in [-0.15, -0.1) is 0 Å². The van der Waals surface area contributed by atoms with Gasteiger partial charge in [-0.3, -0.25) is 0 Å². The molecule has 96 valence electrons. The molecule has 2 N–H and O–H groups in total. The zero-order valence-electron chi connectivity index (χ0n) is 9.95. The third-order valence-corrected chi connectivity index (χ3v) is 2.63. The smallest absolute Gasteiger partial charge is 0.122 e. The minimum atomic E-state index is -0.0292. The molecule has 0 aliphatic heterocycles. The summed E-state index contributed by atoms with van der Waals surface area (Å²) >= 11 is 0. The van der Waals surface area contributed by atoms with Crippen molar-refractivity contribution in [3.8, 4) is 11.5 Å². The third kappa shape index (κ3) is 3.53. The van der Waals surface area contributed by atoms with E-state index in [0.717, 1.165) is 5.76 Å². The topological polar surface area (TPSA) is 62.8 Å². The molecule has 4 nitrogen and oxygen atoms in total. The fraction of sp³-hybridized carbons (Fsp3) is 0.286. The molecule has 1 heterocycles. The van der Waals surface area contributed by atoms with Gasteiger partial charge in [0.1, 0.15) is 17.3 Å². The molecule has 1 atom stereocenters. The molecule has 0 amide bonds. The van der Waals surface area contributed by atoms with Gasteiger partial charge in [-0.2, -0.15) is 0 Å². The molecule has 0 bridgehead atoms. The van der Waals surface area contributed by atoms with Crippen molar-refractivity contribution in [1.82, 2.24) is 0 Å². The van der Waals surface area contributed by atoms with Crippen molar-refractivity contribution < 1.29 is 19.4 Å². The molecule has 1 aromatic carbocycles. The number of phenolic OH excluding ortho intramolecular Hbond substituents is 1. The summed E-state index contributed by atoms with van der Waals surface area (Å²) in [7, 11) is 0. The van der Waals surface area contributed by atoms with Gasteiger partial charge in [0, 0.05) is 25.0 Å². The van der Waals surface area contributed by atoms with E-state index < -0.39 is 0 Å². The van der Waals surface area contributed by atoms with Crippen molar-refractivity contribution in [2.24, 2.45) is 5.92 Å². The van der Waals surface area contributed by atoms with Crippen LogP contribution in [0.5, 0.6) is 11.5 Å². The van der Waals surface area contributed by atoms with E-state index in [9.17, 15) is 10.2 Å². The highest BCUT2D eigenvalue weighted by Crippen LogP contribution is 2.19. The van der Waals surface area contributed by atoms with Crippen LogP contribution in [0.1, 0.15) is 5.76 Å². The van der Waals surface area contributed by atoms with Crippen LogP contribution >= 0.6 is 0 Å². The SMILES string of the molecule is OCC(COc1cccc(O)c1)Cc1ccco1. The zero-order valence-corrected chi connectivity index (χ0v) is 9.95. The Hall–Kier alpha value is -1.94. The van der Waals surface area contributed by atoms with Crippen LogP contribution in [0.15, 0.2) is 47.1 Å². The summed E-state index contributed by atoms with van der Waals surface area (Å²) in [6, 6.07) is 10.3. The molecule has 0 saturated carbocycles. The second-order valence-corrected chi connectivity index (χ2v) is 4.14. The molecule has 0 spiro atoms. The van der Waals surface area contributed by atoms with Crippen molar-refractivity contribution in [2.45, 2.75) is 6.42 Å². The third-order valence-electron chi connectivity index (χ3n) is 2.63. The van der Waals surface area contributed by atoms with E-state index in [1.54, 1.807) is 30.5 Å². The molecule has 0 aliphatic carbocycles. The first-order chi connectivity index (χ1) is 8.78. The highest BCUT2D eigenvalue weighted by atomic mass is 16.5. The van der Waals surface area contributed by atoms with E-state index in [-0.39, 0.29) is 18.3 Å². The van der Waals surface area contributed by atoms with Crippen LogP contribution in [-0.2, 0) is 6.42 Å². The minimum Gasteiger partial charge on any atom is -0.508 e. The van der Waals surface area contributed by atoms with Crippen molar-refractivity contribution in [3.63, 3.8) is 0 Å². The maximum absolute atomic E-state index is 9.30. The van der Waals surface area contributed by atoms with Gasteiger partial charge >= 0.3 is 0 Å². The van der Waals surface area contributed by atoms with Gasteiger partial charge < -0.3 is 19.4 Å². The lowest BCUT2D eigenvalue weighted by Crippen LogP contribution is -2.18. The largest absolute Gasteiger partial charge is 0.508 e. The van der Waals surface area contributed by atoms with Gasteiger partial charge in [0.05, 0.1) is 12.9 Å². The summed E-state index contributed by atoms with van der Waals surface area (Å²) < 4.78 is 10.8. The van der Waals surface area contributed by atoms with Crippen LogP contribution in [0.3, 0.4) is 0 Å². The fourth-order valence-corrected chi connectivity index (χ4v) is 1.68. The number of benzene rings is 1. The Morgan fingerprint density at radius 1 is 1.22 bits per heavy atom. The molecule has 0 radical (unpaired) electrons. The van der Waals surface area contributed by atoms with Crippen LogP contribution in [0.25, 0.3) is 0 Å². The predicted molar refractivity (Wildman–Crippen MR) is 66.6 cm³/mol. The van der Waals surface area contributed by atoms with Crippen LogP contribution < -0.4 is 4.74 Å². The Morgan fingerprint density at radius 2 is 2.11 bits per heavy atom. The average Bonchev–Trinajstić information content (AvgIpc) is 2.87. The van der Waals surface area contributed by atoms with E-state index in [1.807, 2.05) is 12.1 Å². The Morgan fingerprint density at radius 3 is 2.78 bits per heavy atom. The van der Waals surface area contributed by atoms with Gasteiger partial charge in [0.15, 0.2) is 0 Å². The number of hydrogen-bond donors (Lipinski definition) is 2. The number of aliphatic hydroxyl groups excluding tert-OH is 1. The highest BCUT2D eigenvalue weighted by molar-refractivity contribution is 5.31. The molecule has 0 fully saturated rings. The number of aromatic hydroxyl groups is 1. The molecule has 2 rings (SSSR count). The minimum absolute atomic E-state index is 0.0273. The average molecular weight is 248 g/mol. The number of ether oxygens (including phenoxy) is 1. The van der Waals surface area contributed by atoms with Gasteiger partial charge in [-0.25, -0.2) is 0 Å². The molecule has 0 saturated heterocycles. The Labute approximate surface area is 105 Å². The molecule has 2 aromatic rings. The van der Waals surface area contributed by atoms with E-state index in [0.29, 0.717) is 18.8 Å². The number of rotatable bonds is 6. The number of aliphatic hydroxyl groups is 1. The van der Waals surface area contributed by atoms with E-state index in [4.69, 9.17) is 9.15 Å². The number of hydrogen-bond acceptors (Lipinski definition) is 4. The Kier molecular flexibility index (Phi) is 4.25. The Balaban J connectivity index is 1.87. The second kappa shape index (κ2) is 6.12. The molecular formula is C14H16O4. The molecule has 18 heavy (non-hydrogen) atoms. The van der Waals surface area contributed by atoms with Crippen LogP contribution in [0, 0.1) is 5.92 Å². The molecular weight excluding hydrogens is 232 g/mol. The van der Waals surface area contributed by atoms with Crippen molar-refractivity contribution in [1.29, 1.82) is 0 Å². The van der Waals surface area contributed by atoms with Gasteiger partial charge in [0.25, 0.3) is 0 Å². The monoisotopic (exact) mass is 248 g/mol. The van der Waals surface area contributed by atoms with Gasteiger partial charge in [0.2, 0.25) is 0 Å². The summed E-state index contributed by atoms with van der Waals surface area (Å²) in [4.78, 5) is 0. The summed E-state index contributed by atoms with van der Waals surface area (Å²) in [6.07, 6.45) is 2.24. The van der Waals surface area contributed by atoms with Crippen molar-refractivity contribution in [3.05, 3.63) is 48.4 Å². The lowest BCUT2D eigenvalue weighted by molar-refractivity contribution is 0.157. The summed E-state index contributed by atoms with van der Waals surface area (Å²) in [6.45, 7) is 0.403. The first-order valence-corrected chi connectivity index (χ1v) is 5.83. The summed E-state index contributed by atoms with van der Waals surface area (Å²) in [5.74, 6) is 1.55. The second-order valence-electron chi connectivity index (χ2n) is 4.14. The normalized spacial score (nSPS) is 12.3. The lowest BCUT2D eigenvalue weighted by atomic mass is 10.1. The first kappa shape index (κ1) is 12.5. The van der Waals surface area contributed by atoms with Crippen LogP contribution in [0.4, 0.5) is 0 Å². The van der Waals surface area contributed by atoms with Crippen molar-refractivity contribution >= 4 is 0 Å². The maximum atomic E-state index is 9.30. The van der Waals surface area contributed by atoms with Gasteiger partial charge in [-0.05, 0) is 24.3 Å². The molecule has 0 aliphatic rings. The van der Waals surface area contributed by atoms with Crippen molar-refractivity contribution in [2.75, 3.05) is 13.2 Å². The van der Waals surface area contributed by atoms with Crippen LogP contribution in [0.2, 0.25) is 0 Å². The summed E-state index contributed by atoms with van der Waals surface area (Å²) in [5.41, 5.74) is 0. The molecule has 4 heteroatoms.